The number of fused-ring (bicyclic) bond motifs is 1. The SMILES string of the molecule is O=C(Nc1cc(F)ccc1F)c1cnn2c1OCCC2. The molecule has 0 saturated carbocycles. The van der Waals surface area contributed by atoms with Crippen LogP contribution in [-0.2, 0) is 6.54 Å². The highest BCUT2D eigenvalue weighted by atomic mass is 19.1. The number of nitrogens with zero attached hydrogens (tertiary/aromatic N) is 2. The summed E-state index contributed by atoms with van der Waals surface area (Å²) in [7, 11) is 0. The van der Waals surface area contributed by atoms with Gasteiger partial charge in [0, 0.05) is 19.0 Å². The molecule has 0 bridgehead atoms. The van der Waals surface area contributed by atoms with Gasteiger partial charge in [0.1, 0.15) is 17.2 Å². The Bertz CT molecular complexity index is 670. The molecule has 0 fully saturated rings. The monoisotopic (exact) mass is 279 g/mol. The van der Waals surface area contributed by atoms with E-state index in [1.54, 1.807) is 4.68 Å². The van der Waals surface area contributed by atoms with Crippen molar-refractivity contribution < 1.29 is 18.3 Å². The van der Waals surface area contributed by atoms with E-state index in [9.17, 15) is 13.6 Å². The van der Waals surface area contributed by atoms with Gasteiger partial charge in [-0.2, -0.15) is 5.10 Å². The molecular formula is C13H11F2N3O2. The molecule has 1 aromatic heterocycles. The number of hydrogen-bond donors (Lipinski definition) is 1. The first-order chi connectivity index (χ1) is 9.65. The van der Waals surface area contributed by atoms with Crippen molar-refractivity contribution in [3.8, 4) is 5.88 Å². The second kappa shape index (κ2) is 4.92. The maximum atomic E-state index is 13.5. The van der Waals surface area contributed by atoms with Crippen LogP contribution in [0.3, 0.4) is 0 Å². The molecule has 0 radical (unpaired) electrons. The molecule has 0 aliphatic carbocycles. The molecule has 1 aliphatic heterocycles. The van der Waals surface area contributed by atoms with Gasteiger partial charge in [0.15, 0.2) is 0 Å². The molecule has 0 spiro atoms. The highest BCUT2D eigenvalue weighted by Crippen LogP contribution is 2.24. The number of aryl methyl sites for hydroxylation is 1. The molecular weight excluding hydrogens is 268 g/mol. The fourth-order valence-corrected chi connectivity index (χ4v) is 2.01. The van der Waals surface area contributed by atoms with Crippen molar-refractivity contribution in [1.29, 1.82) is 0 Å². The van der Waals surface area contributed by atoms with Gasteiger partial charge in [-0.3, -0.25) is 4.79 Å². The molecule has 1 N–H and O–H groups in total. The lowest BCUT2D eigenvalue weighted by Crippen LogP contribution is -2.18. The van der Waals surface area contributed by atoms with Crippen LogP contribution in [0.15, 0.2) is 24.4 Å². The van der Waals surface area contributed by atoms with Crippen LogP contribution in [-0.4, -0.2) is 22.3 Å². The maximum Gasteiger partial charge on any atom is 0.262 e. The molecule has 104 valence electrons. The number of aromatic nitrogens is 2. The average molecular weight is 279 g/mol. The highest BCUT2D eigenvalue weighted by molar-refractivity contribution is 6.05. The number of ether oxygens (including phenoxy) is 1. The third-order valence-corrected chi connectivity index (χ3v) is 2.97. The quantitative estimate of drug-likeness (QED) is 0.916. The predicted molar refractivity (Wildman–Crippen MR) is 66.7 cm³/mol. The Hall–Kier alpha value is -2.44. The summed E-state index contributed by atoms with van der Waals surface area (Å²) in [5, 5.41) is 6.34. The first kappa shape index (κ1) is 12.6. The standard InChI is InChI=1S/C13H11F2N3O2/c14-8-2-3-10(15)11(6-8)17-12(19)9-7-16-18-4-1-5-20-13(9)18/h2-3,6-7H,1,4-5H2,(H,17,19). The zero-order valence-corrected chi connectivity index (χ0v) is 10.4. The van der Waals surface area contributed by atoms with Gasteiger partial charge in [0.25, 0.3) is 5.91 Å². The van der Waals surface area contributed by atoms with Crippen molar-refractivity contribution in [2.45, 2.75) is 13.0 Å². The number of amides is 1. The maximum absolute atomic E-state index is 13.5. The van der Waals surface area contributed by atoms with E-state index in [4.69, 9.17) is 4.74 Å². The van der Waals surface area contributed by atoms with Crippen LogP contribution in [0.25, 0.3) is 0 Å². The van der Waals surface area contributed by atoms with E-state index in [0.29, 0.717) is 19.0 Å². The lowest BCUT2D eigenvalue weighted by Gasteiger charge is -2.15. The van der Waals surface area contributed by atoms with E-state index in [1.807, 2.05) is 0 Å². The first-order valence-electron chi connectivity index (χ1n) is 6.10. The summed E-state index contributed by atoms with van der Waals surface area (Å²) in [6.45, 7) is 1.16. The number of carbonyl (C=O) groups is 1. The Morgan fingerprint density at radius 3 is 3.10 bits per heavy atom. The second-order valence-corrected chi connectivity index (χ2v) is 4.37. The molecule has 0 unspecified atom stereocenters. The van der Waals surface area contributed by atoms with Crippen molar-refractivity contribution in [3.63, 3.8) is 0 Å². The van der Waals surface area contributed by atoms with Gasteiger partial charge in [-0.1, -0.05) is 0 Å². The Balaban J connectivity index is 1.86. The predicted octanol–water partition coefficient (Wildman–Crippen LogP) is 2.20. The van der Waals surface area contributed by atoms with Gasteiger partial charge in [0.05, 0.1) is 18.5 Å². The number of benzene rings is 1. The van der Waals surface area contributed by atoms with Crippen LogP contribution in [0.4, 0.5) is 14.5 Å². The smallest absolute Gasteiger partial charge is 0.262 e. The molecule has 0 atom stereocenters. The van der Waals surface area contributed by atoms with Gasteiger partial charge < -0.3 is 10.1 Å². The molecule has 3 rings (SSSR count). The largest absolute Gasteiger partial charge is 0.477 e. The Morgan fingerprint density at radius 1 is 1.40 bits per heavy atom. The summed E-state index contributed by atoms with van der Waals surface area (Å²) in [4.78, 5) is 12.1. The van der Waals surface area contributed by atoms with Gasteiger partial charge in [-0.25, -0.2) is 13.5 Å². The third kappa shape index (κ3) is 2.22. The zero-order chi connectivity index (χ0) is 14.1. The van der Waals surface area contributed by atoms with Gasteiger partial charge >= 0.3 is 0 Å². The summed E-state index contributed by atoms with van der Waals surface area (Å²) >= 11 is 0. The molecule has 1 amide bonds. The summed E-state index contributed by atoms with van der Waals surface area (Å²) in [5.74, 6) is -1.57. The number of halogens is 2. The van der Waals surface area contributed by atoms with Gasteiger partial charge in [-0.05, 0) is 12.1 Å². The molecule has 20 heavy (non-hydrogen) atoms. The molecule has 2 aromatic rings. The van der Waals surface area contributed by atoms with Crippen molar-refractivity contribution in [2.24, 2.45) is 0 Å². The van der Waals surface area contributed by atoms with Crippen molar-refractivity contribution in [2.75, 3.05) is 11.9 Å². The summed E-state index contributed by atoms with van der Waals surface area (Å²) in [6, 6.07) is 2.86. The topological polar surface area (TPSA) is 56.2 Å². The Labute approximate surface area is 113 Å². The fraction of sp³-hybridized carbons (Fsp3) is 0.231. The first-order valence-corrected chi connectivity index (χ1v) is 6.10. The lowest BCUT2D eigenvalue weighted by molar-refractivity contribution is 0.102. The molecule has 1 aliphatic rings. The minimum atomic E-state index is -0.707. The van der Waals surface area contributed by atoms with Crippen LogP contribution in [0.5, 0.6) is 5.88 Å². The highest BCUT2D eigenvalue weighted by Gasteiger charge is 2.22. The van der Waals surface area contributed by atoms with E-state index in [0.717, 1.165) is 24.6 Å². The van der Waals surface area contributed by atoms with E-state index >= 15 is 0 Å². The van der Waals surface area contributed by atoms with E-state index < -0.39 is 17.5 Å². The number of hydrogen-bond acceptors (Lipinski definition) is 3. The van der Waals surface area contributed by atoms with Crippen molar-refractivity contribution >= 4 is 11.6 Å². The summed E-state index contributed by atoms with van der Waals surface area (Å²) in [5.41, 5.74) is -0.0147. The molecule has 2 heterocycles. The Morgan fingerprint density at radius 2 is 2.25 bits per heavy atom. The van der Waals surface area contributed by atoms with E-state index in [1.165, 1.54) is 6.20 Å². The van der Waals surface area contributed by atoms with Crippen LogP contribution in [0.1, 0.15) is 16.8 Å². The zero-order valence-electron chi connectivity index (χ0n) is 10.4. The molecule has 0 saturated heterocycles. The van der Waals surface area contributed by atoms with Crippen LogP contribution < -0.4 is 10.1 Å². The van der Waals surface area contributed by atoms with Crippen molar-refractivity contribution in [1.82, 2.24) is 9.78 Å². The number of carbonyl (C=O) groups excluding carboxylic acids is 1. The summed E-state index contributed by atoms with van der Waals surface area (Å²) < 4.78 is 33.5. The van der Waals surface area contributed by atoms with Crippen LogP contribution >= 0.6 is 0 Å². The van der Waals surface area contributed by atoms with Gasteiger partial charge in [-0.15, -0.1) is 0 Å². The average Bonchev–Trinajstić information content (AvgIpc) is 2.87. The number of nitrogens with one attached hydrogen (secondary N) is 1. The Kier molecular flexibility index (Phi) is 3.09. The van der Waals surface area contributed by atoms with E-state index in [2.05, 4.69) is 10.4 Å². The lowest BCUT2D eigenvalue weighted by atomic mass is 10.2. The molecule has 7 heteroatoms. The molecule has 5 nitrogen and oxygen atoms in total. The minimum Gasteiger partial charge on any atom is -0.477 e. The number of rotatable bonds is 2. The minimum absolute atomic E-state index is 0.202. The van der Waals surface area contributed by atoms with Crippen LogP contribution in [0, 0.1) is 11.6 Å². The molecule has 1 aromatic carbocycles. The fourth-order valence-electron chi connectivity index (χ4n) is 2.01. The van der Waals surface area contributed by atoms with E-state index in [-0.39, 0.29) is 11.3 Å². The third-order valence-electron chi connectivity index (χ3n) is 2.97. The summed E-state index contributed by atoms with van der Waals surface area (Å²) in [6.07, 6.45) is 2.17. The second-order valence-electron chi connectivity index (χ2n) is 4.37. The number of anilines is 1. The van der Waals surface area contributed by atoms with Crippen molar-refractivity contribution in [3.05, 3.63) is 41.6 Å². The van der Waals surface area contributed by atoms with Gasteiger partial charge in [0.2, 0.25) is 5.88 Å². The normalized spacial score (nSPS) is 13.5. The van der Waals surface area contributed by atoms with Crippen LogP contribution in [0.2, 0.25) is 0 Å².